The van der Waals surface area contributed by atoms with Crippen molar-refractivity contribution >= 4 is 23.4 Å². The van der Waals surface area contributed by atoms with E-state index in [0.29, 0.717) is 44.6 Å². The highest BCUT2D eigenvalue weighted by molar-refractivity contribution is 7.10. The number of hydrogen-bond donors (Lipinski definition) is 1. The minimum atomic E-state index is -0.466. The zero-order valence-corrected chi connectivity index (χ0v) is 15.8. The van der Waals surface area contributed by atoms with E-state index < -0.39 is 5.60 Å². The van der Waals surface area contributed by atoms with Crippen molar-refractivity contribution in [3.8, 4) is 0 Å². The van der Waals surface area contributed by atoms with Crippen LogP contribution in [0, 0.1) is 0 Å². The lowest BCUT2D eigenvalue weighted by Crippen LogP contribution is -2.53. The highest BCUT2D eigenvalue weighted by atomic mass is 32.1. The van der Waals surface area contributed by atoms with Crippen LogP contribution in [0.15, 0.2) is 22.5 Å². The first-order valence-corrected chi connectivity index (χ1v) is 9.20. The number of nitrogens with zero attached hydrogens (tertiary/aromatic N) is 3. The van der Waals surface area contributed by atoms with Crippen LogP contribution in [-0.2, 0) is 4.74 Å². The minimum absolute atomic E-state index is 0.260. The quantitative estimate of drug-likeness (QED) is 0.671. The van der Waals surface area contributed by atoms with Crippen LogP contribution < -0.4 is 5.73 Å². The molecule has 1 aromatic rings. The van der Waals surface area contributed by atoms with Crippen molar-refractivity contribution in [2.75, 3.05) is 32.7 Å². The third kappa shape index (κ3) is 5.40. The Morgan fingerprint density at radius 3 is 2.50 bits per heavy atom. The Morgan fingerprint density at radius 1 is 1.33 bits per heavy atom. The molecule has 0 saturated carbocycles. The molecule has 0 aliphatic carbocycles. The van der Waals surface area contributed by atoms with E-state index in [1.54, 1.807) is 16.2 Å². The average molecular weight is 353 g/mol. The monoisotopic (exact) mass is 352 g/mol. The summed E-state index contributed by atoms with van der Waals surface area (Å²) in [6.07, 6.45) is -0.260. The van der Waals surface area contributed by atoms with E-state index in [1.807, 2.05) is 25.7 Å². The van der Waals surface area contributed by atoms with Gasteiger partial charge in [0, 0.05) is 37.0 Å². The van der Waals surface area contributed by atoms with Gasteiger partial charge in [-0.3, -0.25) is 4.99 Å². The van der Waals surface area contributed by atoms with Crippen molar-refractivity contribution in [1.82, 2.24) is 9.80 Å². The summed E-state index contributed by atoms with van der Waals surface area (Å²) in [5, 5.41) is 2.08. The average Bonchev–Trinajstić information content (AvgIpc) is 3.05. The van der Waals surface area contributed by atoms with E-state index in [2.05, 4.69) is 29.4 Å². The third-order valence-corrected chi connectivity index (χ3v) is 4.92. The molecule has 1 atom stereocenters. The van der Waals surface area contributed by atoms with Crippen molar-refractivity contribution < 1.29 is 9.53 Å². The van der Waals surface area contributed by atoms with Gasteiger partial charge in [0.1, 0.15) is 5.60 Å². The summed E-state index contributed by atoms with van der Waals surface area (Å²) in [6, 6.07) is 4.18. The van der Waals surface area contributed by atoms with Gasteiger partial charge in [-0.15, -0.1) is 11.3 Å². The van der Waals surface area contributed by atoms with E-state index in [1.165, 1.54) is 4.88 Å². The molecule has 1 aliphatic rings. The molecule has 1 unspecified atom stereocenters. The number of guanidine groups is 1. The second kappa shape index (κ2) is 7.88. The molecule has 0 bridgehead atoms. The number of nitrogens with two attached hydrogens (primary N) is 1. The Kier molecular flexibility index (Phi) is 6.10. The Bertz CT molecular complexity index is 558. The number of rotatable bonds is 3. The molecule has 1 amide bonds. The molecule has 2 N–H and O–H groups in total. The van der Waals surface area contributed by atoms with Gasteiger partial charge in [-0.2, -0.15) is 0 Å². The molecular weight excluding hydrogens is 324 g/mol. The summed E-state index contributed by atoms with van der Waals surface area (Å²) in [6.45, 7) is 11.0. The van der Waals surface area contributed by atoms with Crippen molar-refractivity contribution in [3.63, 3.8) is 0 Å². The molecular formula is C17H28N4O2S. The van der Waals surface area contributed by atoms with Gasteiger partial charge in [0.25, 0.3) is 0 Å². The SMILES string of the molecule is CC(CN=C(N)N1CCN(C(=O)OC(C)(C)C)CC1)c1cccs1. The predicted molar refractivity (Wildman–Crippen MR) is 98.6 cm³/mol. The third-order valence-electron chi connectivity index (χ3n) is 3.81. The zero-order chi connectivity index (χ0) is 17.7. The van der Waals surface area contributed by atoms with Gasteiger partial charge < -0.3 is 20.3 Å². The van der Waals surface area contributed by atoms with E-state index in [4.69, 9.17) is 10.5 Å². The molecule has 1 saturated heterocycles. The first-order valence-electron chi connectivity index (χ1n) is 8.32. The number of amides is 1. The van der Waals surface area contributed by atoms with Gasteiger partial charge in [0.15, 0.2) is 5.96 Å². The van der Waals surface area contributed by atoms with E-state index in [-0.39, 0.29) is 6.09 Å². The van der Waals surface area contributed by atoms with Crippen LogP contribution in [0.25, 0.3) is 0 Å². The summed E-state index contributed by atoms with van der Waals surface area (Å²) in [7, 11) is 0. The number of carbonyl (C=O) groups excluding carboxylic acids is 1. The number of carbonyl (C=O) groups is 1. The maximum absolute atomic E-state index is 12.1. The fourth-order valence-corrected chi connectivity index (χ4v) is 3.21. The molecule has 1 aromatic heterocycles. The highest BCUT2D eigenvalue weighted by Gasteiger charge is 2.26. The summed E-state index contributed by atoms with van der Waals surface area (Å²) in [4.78, 5) is 21.7. The van der Waals surface area contributed by atoms with Gasteiger partial charge in [-0.05, 0) is 32.2 Å². The minimum Gasteiger partial charge on any atom is -0.444 e. The van der Waals surface area contributed by atoms with Gasteiger partial charge in [-0.1, -0.05) is 13.0 Å². The van der Waals surface area contributed by atoms with E-state index in [9.17, 15) is 4.79 Å². The molecule has 0 radical (unpaired) electrons. The van der Waals surface area contributed by atoms with Gasteiger partial charge in [0.2, 0.25) is 0 Å². The van der Waals surface area contributed by atoms with Gasteiger partial charge >= 0.3 is 6.09 Å². The molecule has 1 aliphatic heterocycles. The molecule has 2 heterocycles. The topological polar surface area (TPSA) is 71.2 Å². The predicted octanol–water partition coefficient (Wildman–Crippen LogP) is 2.72. The molecule has 7 heteroatoms. The normalized spacial score (nSPS) is 17.8. The van der Waals surface area contributed by atoms with E-state index in [0.717, 1.165) is 0 Å². The van der Waals surface area contributed by atoms with Crippen LogP contribution in [0.3, 0.4) is 0 Å². The first-order chi connectivity index (χ1) is 11.3. The zero-order valence-electron chi connectivity index (χ0n) is 15.0. The highest BCUT2D eigenvalue weighted by Crippen LogP contribution is 2.20. The molecule has 1 fully saturated rings. The van der Waals surface area contributed by atoms with Crippen LogP contribution >= 0.6 is 11.3 Å². The maximum Gasteiger partial charge on any atom is 0.410 e. The van der Waals surface area contributed by atoms with Crippen LogP contribution in [0.1, 0.15) is 38.5 Å². The van der Waals surface area contributed by atoms with Crippen molar-refractivity contribution in [2.45, 2.75) is 39.2 Å². The lowest BCUT2D eigenvalue weighted by Gasteiger charge is -2.36. The summed E-state index contributed by atoms with van der Waals surface area (Å²) in [5.41, 5.74) is 5.65. The standard InChI is InChI=1S/C17H28N4O2S/c1-13(14-6-5-11-24-14)12-19-15(18)20-7-9-21(10-8-20)16(22)23-17(2,3)4/h5-6,11,13H,7-10,12H2,1-4H3,(H2,18,19). The van der Waals surface area contributed by atoms with Gasteiger partial charge in [-0.25, -0.2) is 4.79 Å². The number of ether oxygens (including phenoxy) is 1. The fraction of sp³-hybridized carbons (Fsp3) is 0.647. The Hall–Kier alpha value is -1.76. The second-order valence-electron chi connectivity index (χ2n) is 7.07. The summed E-state index contributed by atoms with van der Waals surface area (Å²) in [5.74, 6) is 0.925. The molecule has 2 rings (SSSR count). The van der Waals surface area contributed by atoms with Crippen molar-refractivity contribution in [2.24, 2.45) is 10.7 Å². The van der Waals surface area contributed by atoms with Gasteiger partial charge in [0.05, 0.1) is 6.54 Å². The van der Waals surface area contributed by atoms with Crippen LogP contribution in [0.5, 0.6) is 0 Å². The number of piperazine rings is 1. The largest absolute Gasteiger partial charge is 0.444 e. The number of aliphatic imine (C=N–C) groups is 1. The number of thiophene rings is 1. The Labute approximate surface area is 148 Å². The van der Waals surface area contributed by atoms with Crippen LogP contribution in [0.4, 0.5) is 4.79 Å². The van der Waals surface area contributed by atoms with Crippen molar-refractivity contribution in [1.29, 1.82) is 0 Å². The molecule has 0 aromatic carbocycles. The summed E-state index contributed by atoms with van der Waals surface area (Å²) < 4.78 is 5.40. The fourth-order valence-electron chi connectivity index (χ4n) is 2.44. The van der Waals surface area contributed by atoms with E-state index >= 15 is 0 Å². The Morgan fingerprint density at radius 2 is 1.96 bits per heavy atom. The second-order valence-corrected chi connectivity index (χ2v) is 8.05. The lowest BCUT2D eigenvalue weighted by molar-refractivity contribution is 0.0186. The summed E-state index contributed by atoms with van der Waals surface area (Å²) >= 11 is 1.74. The maximum atomic E-state index is 12.1. The Balaban J connectivity index is 1.81. The van der Waals surface area contributed by atoms with Crippen molar-refractivity contribution in [3.05, 3.63) is 22.4 Å². The molecule has 0 spiro atoms. The molecule has 134 valence electrons. The van der Waals surface area contributed by atoms with Crippen LogP contribution in [0.2, 0.25) is 0 Å². The smallest absolute Gasteiger partial charge is 0.410 e. The number of hydrogen-bond acceptors (Lipinski definition) is 4. The molecule has 24 heavy (non-hydrogen) atoms. The van der Waals surface area contributed by atoms with Crippen LogP contribution in [-0.4, -0.2) is 60.2 Å². The lowest BCUT2D eigenvalue weighted by atomic mass is 10.1. The first kappa shape index (κ1) is 18.6. The molecule has 6 nitrogen and oxygen atoms in total.